The molecule has 1 atom stereocenters. The van der Waals surface area contributed by atoms with Gasteiger partial charge in [-0.05, 0) is 38.3 Å². The minimum Gasteiger partial charge on any atom is -0.379 e. The number of fused-ring (bicyclic) bond motifs is 1. The summed E-state index contributed by atoms with van der Waals surface area (Å²) in [4.78, 5) is 20.9. The number of carbonyl (C=O) groups excluding carboxylic acids is 1. The molecule has 1 unspecified atom stereocenters. The van der Waals surface area contributed by atoms with Gasteiger partial charge in [-0.2, -0.15) is 5.10 Å². The average Bonchev–Trinajstić information content (AvgIpc) is 3.57. The SMILES string of the molecule is CC(C)n1ncc2c(C(=O)NC(CN3CCOCC3)c3ccccc3)cc(C3CC3)nc21. The molecular weight excluding hydrogens is 402 g/mol. The van der Waals surface area contributed by atoms with E-state index in [1.807, 2.05) is 28.9 Å². The molecule has 5 rings (SSSR count). The Kier molecular flexibility index (Phi) is 5.93. The lowest BCUT2D eigenvalue weighted by Crippen LogP contribution is -2.43. The van der Waals surface area contributed by atoms with Crippen molar-refractivity contribution in [1.82, 2.24) is 25.0 Å². The summed E-state index contributed by atoms with van der Waals surface area (Å²) < 4.78 is 7.42. The van der Waals surface area contributed by atoms with Crippen molar-refractivity contribution in [3.8, 4) is 0 Å². The minimum absolute atomic E-state index is 0.0651. The summed E-state index contributed by atoms with van der Waals surface area (Å²) in [6.45, 7) is 8.17. The van der Waals surface area contributed by atoms with Gasteiger partial charge in [0.25, 0.3) is 5.91 Å². The third-order valence-corrected chi connectivity index (χ3v) is 6.37. The molecule has 32 heavy (non-hydrogen) atoms. The molecule has 0 spiro atoms. The number of rotatable bonds is 7. The number of benzene rings is 1. The van der Waals surface area contributed by atoms with Gasteiger partial charge in [-0.15, -0.1) is 0 Å². The number of morpholine rings is 1. The second-order valence-corrected chi connectivity index (χ2v) is 9.14. The molecule has 1 N–H and O–H groups in total. The van der Waals surface area contributed by atoms with Crippen LogP contribution in [-0.2, 0) is 4.74 Å². The number of nitrogens with zero attached hydrogens (tertiary/aromatic N) is 4. The maximum Gasteiger partial charge on any atom is 0.252 e. The van der Waals surface area contributed by atoms with Gasteiger partial charge in [0.05, 0.1) is 36.4 Å². The highest BCUT2D eigenvalue weighted by Crippen LogP contribution is 2.40. The lowest BCUT2D eigenvalue weighted by molar-refractivity contribution is 0.0332. The number of pyridine rings is 1. The average molecular weight is 434 g/mol. The molecule has 2 aliphatic rings. The first kappa shape index (κ1) is 21.1. The number of amides is 1. The smallest absolute Gasteiger partial charge is 0.252 e. The minimum atomic E-state index is -0.102. The molecule has 2 fully saturated rings. The summed E-state index contributed by atoms with van der Waals surface area (Å²) >= 11 is 0. The van der Waals surface area contributed by atoms with E-state index < -0.39 is 0 Å². The first-order valence-corrected chi connectivity index (χ1v) is 11.6. The molecule has 3 heterocycles. The molecule has 1 saturated heterocycles. The predicted molar refractivity (Wildman–Crippen MR) is 124 cm³/mol. The fourth-order valence-electron chi connectivity index (χ4n) is 4.39. The van der Waals surface area contributed by atoms with Crippen molar-refractivity contribution in [1.29, 1.82) is 0 Å². The molecule has 0 bridgehead atoms. The normalized spacial score (nSPS) is 18.2. The molecule has 1 aliphatic heterocycles. The first-order valence-electron chi connectivity index (χ1n) is 11.6. The summed E-state index contributed by atoms with van der Waals surface area (Å²) in [7, 11) is 0. The molecule has 0 radical (unpaired) electrons. The monoisotopic (exact) mass is 433 g/mol. The number of hydrogen-bond donors (Lipinski definition) is 1. The Bertz CT molecular complexity index is 1080. The molecule has 1 saturated carbocycles. The van der Waals surface area contributed by atoms with Crippen LogP contribution in [0.4, 0.5) is 0 Å². The van der Waals surface area contributed by atoms with E-state index in [4.69, 9.17) is 9.72 Å². The number of ether oxygens (including phenoxy) is 1. The zero-order valence-electron chi connectivity index (χ0n) is 18.8. The molecular formula is C25H31N5O2. The van der Waals surface area contributed by atoms with Crippen LogP contribution in [0.25, 0.3) is 11.0 Å². The fraction of sp³-hybridized carbons (Fsp3) is 0.480. The van der Waals surface area contributed by atoms with Gasteiger partial charge in [-0.3, -0.25) is 9.69 Å². The molecule has 3 aromatic rings. The Morgan fingerprint density at radius 2 is 1.94 bits per heavy atom. The van der Waals surface area contributed by atoms with E-state index >= 15 is 0 Å². The summed E-state index contributed by atoms with van der Waals surface area (Å²) in [5.74, 6) is 0.393. The van der Waals surface area contributed by atoms with Crippen LogP contribution in [0.3, 0.4) is 0 Å². The van der Waals surface area contributed by atoms with E-state index in [1.54, 1.807) is 6.20 Å². The maximum atomic E-state index is 13.6. The molecule has 2 aromatic heterocycles. The summed E-state index contributed by atoms with van der Waals surface area (Å²) in [6.07, 6.45) is 4.06. The van der Waals surface area contributed by atoms with Gasteiger partial charge in [0.1, 0.15) is 0 Å². The van der Waals surface area contributed by atoms with Crippen LogP contribution >= 0.6 is 0 Å². The second-order valence-electron chi connectivity index (χ2n) is 9.14. The van der Waals surface area contributed by atoms with Gasteiger partial charge in [0.2, 0.25) is 0 Å². The molecule has 1 amide bonds. The molecule has 7 heteroatoms. The van der Waals surface area contributed by atoms with Gasteiger partial charge in [0, 0.05) is 37.3 Å². The highest BCUT2D eigenvalue weighted by Gasteiger charge is 2.29. The number of hydrogen-bond acceptors (Lipinski definition) is 5. The van der Waals surface area contributed by atoms with Crippen LogP contribution in [-0.4, -0.2) is 58.4 Å². The number of carbonyl (C=O) groups is 1. The Labute approximate surface area is 188 Å². The van der Waals surface area contributed by atoms with E-state index in [9.17, 15) is 4.79 Å². The van der Waals surface area contributed by atoms with E-state index in [2.05, 4.69) is 41.3 Å². The van der Waals surface area contributed by atoms with Crippen molar-refractivity contribution in [2.24, 2.45) is 0 Å². The van der Waals surface area contributed by atoms with Crippen LogP contribution in [0.5, 0.6) is 0 Å². The van der Waals surface area contributed by atoms with Crippen molar-refractivity contribution in [3.05, 3.63) is 59.4 Å². The van der Waals surface area contributed by atoms with E-state index in [0.717, 1.165) is 68.0 Å². The lowest BCUT2D eigenvalue weighted by Gasteiger charge is -2.31. The summed E-state index contributed by atoms with van der Waals surface area (Å²) in [5, 5.41) is 8.69. The Hall–Kier alpha value is -2.77. The van der Waals surface area contributed by atoms with E-state index in [0.29, 0.717) is 11.5 Å². The third-order valence-electron chi connectivity index (χ3n) is 6.37. The van der Waals surface area contributed by atoms with Gasteiger partial charge < -0.3 is 10.1 Å². The van der Waals surface area contributed by atoms with Crippen LogP contribution < -0.4 is 5.32 Å². The Morgan fingerprint density at radius 3 is 2.62 bits per heavy atom. The van der Waals surface area contributed by atoms with Crippen molar-refractivity contribution >= 4 is 16.9 Å². The van der Waals surface area contributed by atoms with E-state index in [1.165, 1.54) is 0 Å². The van der Waals surface area contributed by atoms with Crippen molar-refractivity contribution in [2.75, 3.05) is 32.8 Å². The van der Waals surface area contributed by atoms with E-state index in [-0.39, 0.29) is 18.0 Å². The van der Waals surface area contributed by atoms with Crippen molar-refractivity contribution in [3.63, 3.8) is 0 Å². The van der Waals surface area contributed by atoms with Gasteiger partial charge in [-0.1, -0.05) is 30.3 Å². The zero-order valence-corrected chi connectivity index (χ0v) is 18.8. The first-order chi connectivity index (χ1) is 15.6. The highest BCUT2D eigenvalue weighted by atomic mass is 16.5. The maximum absolute atomic E-state index is 13.6. The Morgan fingerprint density at radius 1 is 1.19 bits per heavy atom. The number of aromatic nitrogens is 3. The summed E-state index contributed by atoms with van der Waals surface area (Å²) in [5.41, 5.74) is 3.60. The van der Waals surface area contributed by atoms with Crippen LogP contribution in [0, 0.1) is 0 Å². The topological polar surface area (TPSA) is 72.3 Å². The van der Waals surface area contributed by atoms with Gasteiger partial charge in [0.15, 0.2) is 5.65 Å². The quantitative estimate of drug-likeness (QED) is 0.615. The fourth-order valence-corrected chi connectivity index (χ4v) is 4.39. The van der Waals surface area contributed by atoms with Crippen LogP contribution in [0.15, 0.2) is 42.6 Å². The highest BCUT2D eigenvalue weighted by molar-refractivity contribution is 6.05. The molecule has 7 nitrogen and oxygen atoms in total. The van der Waals surface area contributed by atoms with Gasteiger partial charge in [-0.25, -0.2) is 9.67 Å². The Balaban J connectivity index is 1.47. The molecule has 1 aromatic carbocycles. The second kappa shape index (κ2) is 9.00. The van der Waals surface area contributed by atoms with Gasteiger partial charge >= 0.3 is 0 Å². The molecule has 1 aliphatic carbocycles. The lowest BCUT2D eigenvalue weighted by atomic mass is 10.0. The van der Waals surface area contributed by atoms with Crippen LogP contribution in [0.1, 0.15) is 66.3 Å². The summed E-state index contributed by atoms with van der Waals surface area (Å²) in [6, 6.07) is 12.3. The van der Waals surface area contributed by atoms with Crippen molar-refractivity contribution in [2.45, 2.75) is 44.7 Å². The standard InChI is InChI=1S/C25H31N5O2/c1-17(2)30-24-21(15-26-30)20(14-22(27-24)19-8-9-19)25(31)28-23(18-6-4-3-5-7-18)16-29-10-12-32-13-11-29/h3-7,14-15,17,19,23H,8-13,16H2,1-2H3,(H,28,31). The largest absolute Gasteiger partial charge is 0.379 e. The molecule has 168 valence electrons. The third kappa shape index (κ3) is 4.40. The van der Waals surface area contributed by atoms with Crippen LogP contribution in [0.2, 0.25) is 0 Å². The zero-order chi connectivity index (χ0) is 22.1. The van der Waals surface area contributed by atoms with Crippen molar-refractivity contribution < 1.29 is 9.53 Å². The number of nitrogens with one attached hydrogen (secondary N) is 1. The predicted octanol–water partition coefficient (Wildman–Crippen LogP) is 3.69.